The van der Waals surface area contributed by atoms with Crippen LogP contribution in [0.4, 0.5) is 5.69 Å². The van der Waals surface area contributed by atoms with Crippen molar-refractivity contribution in [3.8, 4) is 11.5 Å². The molecule has 37 heavy (non-hydrogen) atoms. The predicted octanol–water partition coefficient (Wildman–Crippen LogP) is 0.884. The van der Waals surface area contributed by atoms with E-state index >= 15 is 0 Å². The van der Waals surface area contributed by atoms with E-state index in [0.29, 0.717) is 6.08 Å². The normalized spacial score (nSPS) is 20.3. The van der Waals surface area contributed by atoms with Crippen LogP contribution in [0.1, 0.15) is 21.5 Å². The third-order valence-electron chi connectivity index (χ3n) is 6.22. The zero-order chi connectivity index (χ0) is 26.0. The fraction of sp³-hybridized carbons (Fsp3) is 0.217. The molecule has 0 bridgehead atoms. The summed E-state index contributed by atoms with van der Waals surface area (Å²) in [5.41, 5.74) is 0.457. The van der Waals surface area contributed by atoms with Gasteiger partial charge in [-0.1, -0.05) is 6.07 Å². The summed E-state index contributed by atoms with van der Waals surface area (Å²) in [6.45, 7) is 1.37. The van der Waals surface area contributed by atoms with Crippen LogP contribution in [0.2, 0.25) is 0 Å². The first-order valence-corrected chi connectivity index (χ1v) is 10.3. The summed E-state index contributed by atoms with van der Waals surface area (Å²) < 4.78 is 0. The van der Waals surface area contributed by atoms with Gasteiger partial charge in [0.1, 0.15) is 17.3 Å². The fourth-order valence-corrected chi connectivity index (χ4v) is 4.56. The van der Waals surface area contributed by atoms with Crippen LogP contribution in [0.5, 0.6) is 11.5 Å². The number of benzene rings is 2. The average molecular weight is 556 g/mol. The average Bonchev–Trinajstić information content (AvgIpc) is 2.78. The van der Waals surface area contributed by atoms with Crippen LogP contribution in [0, 0.1) is 12.8 Å². The number of primary amides is 1. The Kier molecular flexibility index (Phi) is 7.86. The topological polar surface area (TPSA) is 220 Å². The van der Waals surface area contributed by atoms with Crippen LogP contribution in [-0.4, -0.2) is 68.1 Å². The van der Waals surface area contributed by atoms with Crippen molar-refractivity contribution in [2.24, 2.45) is 11.7 Å². The van der Waals surface area contributed by atoms with Crippen molar-refractivity contribution in [2.75, 3.05) is 18.9 Å². The van der Waals surface area contributed by atoms with Crippen LogP contribution < -0.4 is 16.4 Å². The summed E-state index contributed by atoms with van der Waals surface area (Å²) in [5.74, 6) is -9.97. The Bertz CT molecular complexity index is 1450. The zero-order valence-electron chi connectivity index (χ0n) is 19.3. The van der Waals surface area contributed by atoms with Gasteiger partial charge in [0.05, 0.1) is 23.2 Å². The zero-order valence-corrected chi connectivity index (χ0v) is 20.9. The molecule has 0 fully saturated rings. The molecule has 2 unspecified atom stereocenters. The molecule has 12 nitrogen and oxygen atoms in total. The second kappa shape index (κ2) is 9.90. The maximum absolute atomic E-state index is 13.5. The second-order valence-electron chi connectivity index (χ2n) is 8.26. The highest BCUT2D eigenvalue weighted by atomic mass is 35.5. The van der Waals surface area contributed by atoms with Crippen molar-refractivity contribution >= 4 is 70.4 Å². The second-order valence-corrected chi connectivity index (χ2v) is 8.26. The summed E-state index contributed by atoms with van der Waals surface area (Å²) in [7, 11) is 1.54. The van der Waals surface area contributed by atoms with Gasteiger partial charge in [-0.05, 0) is 37.1 Å². The number of ketones is 2. The van der Waals surface area contributed by atoms with Crippen molar-refractivity contribution in [3.05, 3.63) is 46.2 Å². The van der Waals surface area contributed by atoms with Crippen molar-refractivity contribution in [1.29, 1.82) is 0 Å². The molecule has 4 rings (SSSR count). The number of halogens is 2. The third-order valence-corrected chi connectivity index (χ3v) is 6.22. The number of carbonyl (C=O) groups is 4. The van der Waals surface area contributed by atoms with E-state index in [1.165, 1.54) is 26.1 Å². The SMILES string of the molecule is CNCC(=O)Nc1ccc2c(C)c3c(c(O)c2c1O)C(=O)C1(O)C(=O)C(C(N)=O)C(O)=CC1=C3O.Cl.Cl. The fourth-order valence-electron chi connectivity index (χ4n) is 4.56. The number of aromatic hydroxyl groups is 2. The van der Waals surface area contributed by atoms with Gasteiger partial charge in [-0.25, -0.2) is 0 Å². The van der Waals surface area contributed by atoms with Crippen molar-refractivity contribution < 1.29 is 44.7 Å². The number of nitrogens with two attached hydrogens (primary N) is 1. The van der Waals surface area contributed by atoms with Crippen molar-refractivity contribution in [1.82, 2.24) is 5.32 Å². The number of nitrogens with one attached hydrogen (secondary N) is 2. The summed E-state index contributed by atoms with van der Waals surface area (Å²) in [6, 6.07) is 2.77. The molecule has 2 amide bonds. The lowest BCUT2D eigenvalue weighted by Crippen LogP contribution is -2.57. The van der Waals surface area contributed by atoms with Crippen molar-refractivity contribution in [3.63, 3.8) is 0 Å². The van der Waals surface area contributed by atoms with E-state index in [4.69, 9.17) is 5.73 Å². The molecule has 198 valence electrons. The van der Waals surface area contributed by atoms with E-state index in [9.17, 15) is 44.7 Å². The predicted molar refractivity (Wildman–Crippen MR) is 136 cm³/mol. The number of Topliss-reactive ketones (excluding diaryl/α,β-unsaturated/α-hetero) is 2. The van der Waals surface area contributed by atoms with Crippen LogP contribution in [0.15, 0.2) is 29.5 Å². The lowest BCUT2D eigenvalue weighted by molar-refractivity contribution is -0.140. The molecule has 9 N–H and O–H groups in total. The molecule has 2 aliphatic carbocycles. The summed E-state index contributed by atoms with van der Waals surface area (Å²) in [4.78, 5) is 50.1. The Morgan fingerprint density at radius 2 is 1.68 bits per heavy atom. The Hall–Kier alpha value is -3.84. The molecule has 2 atom stereocenters. The molecule has 0 radical (unpaired) electrons. The molecule has 0 saturated heterocycles. The van der Waals surface area contributed by atoms with Gasteiger partial charge < -0.3 is 41.9 Å². The van der Waals surface area contributed by atoms with Gasteiger partial charge in [-0.3, -0.25) is 19.2 Å². The Morgan fingerprint density at radius 1 is 1.05 bits per heavy atom. The number of aliphatic hydroxyl groups is 3. The number of carbonyl (C=O) groups excluding carboxylic acids is 4. The molecule has 2 aliphatic rings. The molecule has 2 aromatic carbocycles. The van der Waals surface area contributed by atoms with Gasteiger partial charge in [0, 0.05) is 11.1 Å². The Labute approximate surface area is 221 Å². The van der Waals surface area contributed by atoms with Crippen LogP contribution >= 0.6 is 24.8 Å². The first-order chi connectivity index (χ1) is 16.4. The summed E-state index contributed by atoms with van der Waals surface area (Å²) >= 11 is 0. The van der Waals surface area contributed by atoms with Crippen LogP contribution in [0.3, 0.4) is 0 Å². The number of rotatable bonds is 4. The highest BCUT2D eigenvalue weighted by molar-refractivity contribution is 6.31. The first kappa shape index (κ1) is 29.4. The molecule has 2 aromatic rings. The van der Waals surface area contributed by atoms with E-state index in [-0.39, 0.29) is 58.9 Å². The lowest BCUT2D eigenvalue weighted by Gasteiger charge is -2.37. The summed E-state index contributed by atoms with van der Waals surface area (Å²) in [6.07, 6.45) is 0.714. The number of phenolic OH excluding ortho intramolecular Hbond substituents is 2. The molecule has 0 aliphatic heterocycles. The summed E-state index contributed by atoms with van der Waals surface area (Å²) in [5, 5.41) is 59.1. The molecular weight excluding hydrogens is 533 g/mol. The number of anilines is 1. The van der Waals surface area contributed by atoms with E-state index in [2.05, 4.69) is 10.6 Å². The quantitative estimate of drug-likeness (QED) is 0.196. The minimum atomic E-state index is -3.14. The third kappa shape index (κ3) is 3.94. The Morgan fingerprint density at radius 3 is 2.24 bits per heavy atom. The molecule has 14 heteroatoms. The van der Waals surface area contributed by atoms with Gasteiger partial charge in [0.2, 0.25) is 23.2 Å². The van der Waals surface area contributed by atoms with Gasteiger partial charge >= 0.3 is 0 Å². The van der Waals surface area contributed by atoms with E-state index in [1.807, 2.05) is 0 Å². The molecule has 0 heterocycles. The number of hydrogen-bond donors (Lipinski definition) is 8. The molecular formula is C23H23Cl2N3O9. The van der Waals surface area contributed by atoms with Gasteiger partial charge in [-0.15, -0.1) is 24.8 Å². The number of hydrogen-bond acceptors (Lipinski definition) is 10. The number of amides is 2. The van der Waals surface area contributed by atoms with Gasteiger partial charge in [0.15, 0.2) is 17.5 Å². The van der Waals surface area contributed by atoms with Crippen LogP contribution in [-0.2, 0) is 14.4 Å². The maximum atomic E-state index is 13.5. The van der Waals surface area contributed by atoms with Crippen molar-refractivity contribution in [2.45, 2.75) is 12.5 Å². The van der Waals surface area contributed by atoms with Gasteiger partial charge in [0.25, 0.3) is 0 Å². The number of aliphatic hydroxyl groups excluding tert-OH is 2. The molecule has 0 spiro atoms. The lowest BCUT2D eigenvalue weighted by atomic mass is 9.67. The smallest absolute Gasteiger partial charge is 0.238 e. The minimum Gasteiger partial charge on any atom is -0.511 e. The highest BCUT2D eigenvalue weighted by Gasteiger charge is 2.59. The number of aryl methyl sites for hydroxylation is 1. The minimum absolute atomic E-state index is 0. The highest BCUT2D eigenvalue weighted by Crippen LogP contribution is 2.51. The van der Waals surface area contributed by atoms with E-state index in [1.54, 1.807) is 0 Å². The molecule has 0 saturated carbocycles. The molecule has 0 aromatic heterocycles. The van der Waals surface area contributed by atoms with Crippen LogP contribution in [0.25, 0.3) is 16.5 Å². The Balaban J connectivity index is 0.00000241. The van der Waals surface area contributed by atoms with E-state index in [0.717, 1.165) is 0 Å². The monoisotopic (exact) mass is 555 g/mol. The number of fused-ring (bicyclic) bond motifs is 3. The standard InChI is InChI=1S/C23H21N3O9.2ClH/c1-7-8-3-4-10(26-12(28)6-25-2)18(30)14(8)19(31)16-13(7)17(29)9-5-11(27)15(22(24)34)20(32)23(9,35)21(16)33;;/h3-5,15,25,27,29-31,35H,6H2,1-2H3,(H2,24,34)(H,26,28);2*1H. The number of likely N-dealkylation sites (N-methyl/N-ethyl adjacent to an activating group) is 1. The first-order valence-electron chi connectivity index (χ1n) is 10.3. The van der Waals surface area contributed by atoms with E-state index < -0.39 is 69.1 Å². The number of phenols is 2. The largest absolute Gasteiger partial charge is 0.511 e. The van der Waals surface area contributed by atoms with Gasteiger partial charge in [-0.2, -0.15) is 0 Å². The maximum Gasteiger partial charge on any atom is 0.238 e.